The van der Waals surface area contributed by atoms with Crippen LogP contribution >= 0.6 is 0 Å². The van der Waals surface area contributed by atoms with Gasteiger partial charge in [-0.3, -0.25) is 0 Å². The quantitative estimate of drug-likeness (QED) is 0.377. The largest absolute Gasteiger partial charge is 0.139 e. The monoisotopic (exact) mass is 402 g/mol. The summed E-state index contributed by atoms with van der Waals surface area (Å²) in [6.07, 6.45) is 0. The van der Waals surface area contributed by atoms with Gasteiger partial charge in [0.05, 0.1) is 0 Å². The van der Waals surface area contributed by atoms with Gasteiger partial charge >= 0.3 is 0 Å². The first kappa shape index (κ1) is 23.9. The summed E-state index contributed by atoms with van der Waals surface area (Å²) >= 11 is 0. The minimum Gasteiger partial charge on any atom is -0.117 e. The first-order valence-electron chi connectivity index (χ1n) is 10.7. The van der Waals surface area contributed by atoms with E-state index >= 15 is 0 Å². The zero-order valence-electron chi connectivity index (χ0n) is 18.6. The van der Waals surface area contributed by atoms with Crippen LogP contribution in [0.25, 0.3) is 0 Å². The third-order valence-corrected chi connectivity index (χ3v) is 15.6. The molecule has 0 saturated carbocycles. The Morgan fingerprint density at radius 1 is 0.500 bits per heavy atom. The molecule has 0 aliphatic rings. The number of rotatable bonds is 6. The van der Waals surface area contributed by atoms with Crippen LogP contribution in [0.4, 0.5) is 0 Å². The number of benzene rings is 1. The highest BCUT2D eigenvalue weighted by atomic mass is 28.3. The molecule has 1 rings (SSSR count). The lowest BCUT2D eigenvalue weighted by molar-refractivity contribution is 1.20. The molecule has 0 saturated heterocycles. The van der Waals surface area contributed by atoms with Crippen LogP contribution in [0.3, 0.4) is 0 Å². The van der Waals surface area contributed by atoms with E-state index in [9.17, 15) is 0 Å². The predicted molar refractivity (Wildman–Crippen MR) is 130 cm³/mol. The molecule has 1 aromatic carbocycles. The molecule has 1 aromatic rings. The van der Waals surface area contributed by atoms with Crippen molar-refractivity contribution in [3.05, 3.63) is 35.4 Å². The molecule has 0 bridgehead atoms. The Bertz CT molecular complexity index is 762. The van der Waals surface area contributed by atoms with Gasteiger partial charge in [0.25, 0.3) is 0 Å². The van der Waals surface area contributed by atoms with Gasteiger partial charge in [-0.25, -0.2) is 0 Å². The Morgan fingerprint density at radius 2 is 0.786 bits per heavy atom. The minimum atomic E-state index is -1.40. The van der Waals surface area contributed by atoms with E-state index < -0.39 is 16.1 Å². The molecule has 2 heteroatoms. The van der Waals surface area contributed by atoms with Crippen LogP contribution in [-0.2, 0) is 0 Å². The molecule has 0 aliphatic carbocycles. The molecule has 0 aromatic heterocycles. The van der Waals surface area contributed by atoms with Crippen LogP contribution in [0.5, 0.6) is 0 Å². The van der Waals surface area contributed by atoms with Crippen molar-refractivity contribution in [1.29, 1.82) is 0 Å². The molecule has 146 valence electrons. The van der Waals surface area contributed by atoms with Crippen LogP contribution in [0.15, 0.2) is 24.3 Å². The van der Waals surface area contributed by atoms with Crippen LogP contribution < -0.4 is 0 Å². The van der Waals surface area contributed by atoms with E-state index in [4.69, 9.17) is 0 Å². The zero-order valence-corrected chi connectivity index (χ0v) is 20.6. The molecule has 0 atom stereocenters. The van der Waals surface area contributed by atoms with E-state index in [1.165, 1.54) is 36.3 Å². The van der Waals surface area contributed by atoms with E-state index in [0.29, 0.717) is 0 Å². The normalized spacial score (nSPS) is 10.2. The van der Waals surface area contributed by atoms with Crippen molar-refractivity contribution >= 4 is 16.1 Å². The summed E-state index contributed by atoms with van der Waals surface area (Å²) < 4.78 is 0. The van der Waals surface area contributed by atoms with Gasteiger partial charge in [-0.1, -0.05) is 53.4 Å². The average Bonchev–Trinajstić information content (AvgIpc) is 2.76. The summed E-state index contributed by atoms with van der Waals surface area (Å²) in [6, 6.07) is 15.3. The highest BCUT2D eigenvalue weighted by Gasteiger charge is 2.24. The molecule has 0 spiro atoms. The maximum Gasteiger partial charge on any atom is 0.139 e. The summed E-state index contributed by atoms with van der Waals surface area (Å²) in [5, 5.41) is 0. The van der Waals surface area contributed by atoms with Crippen molar-refractivity contribution in [3.8, 4) is 46.6 Å². The Morgan fingerprint density at radius 3 is 1.04 bits per heavy atom. The van der Waals surface area contributed by atoms with Crippen LogP contribution in [0.1, 0.15) is 52.7 Å². The summed E-state index contributed by atoms with van der Waals surface area (Å²) in [4.78, 5) is 0. The van der Waals surface area contributed by atoms with E-state index in [-0.39, 0.29) is 0 Å². The van der Waals surface area contributed by atoms with Gasteiger partial charge in [-0.05, 0) is 84.2 Å². The molecule has 0 N–H and O–H groups in total. The first-order valence-corrected chi connectivity index (χ1v) is 15.9. The molecule has 0 radical (unpaired) electrons. The standard InChI is InChI=1S/C26H34Si2/c1-7-27(8-2,9-3)23-15-13-17-25-19-21-26(22-20-25)18-14-16-24-28(10-4,11-5)12-6/h19-22H,7-12H2,1-6H3. The van der Waals surface area contributed by atoms with Crippen molar-refractivity contribution in [1.82, 2.24) is 0 Å². The SMILES string of the molecule is CC[Si](C#CC#Cc1ccc(C#CC#C[Si](CC)(CC)CC)cc1)(CC)CC. The fraction of sp³-hybridized carbons (Fsp3) is 0.462. The van der Waals surface area contributed by atoms with Crippen molar-refractivity contribution < 1.29 is 0 Å². The van der Waals surface area contributed by atoms with E-state index in [1.807, 2.05) is 24.3 Å². The maximum absolute atomic E-state index is 3.51. The van der Waals surface area contributed by atoms with Gasteiger partial charge in [0.1, 0.15) is 16.1 Å². The van der Waals surface area contributed by atoms with Gasteiger partial charge in [-0.15, -0.1) is 11.1 Å². The zero-order chi connectivity index (χ0) is 20.9. The van der Waals surface area contributed by atoms with E-state index in [0.717, 1.165) is 11.1 Å². The molecule has 0 heterocycles. The second-order valence-corrected chi connectivity index (χ2v) is 17.1. The van der Waals surface area contributed by atoms with Crippen molar-refractivity contribution in [3.63, 3.8) is 0 Å². The van der Waals surface area contributed by atoms with E-state index in [1.54, 1.807) is 0 Å². The molecular formula is C26H34Si2. The lowest BCUT2D eigenvalue weighted by atomic mass is 10.1. The smallest absolute Gasteiger partial charge is 0.117 e. The van der Waals surface area contributed by atoms with Gasteiger partial charge in [0.15, 0.2) is 0 Å². The van der Waals surface area contributed by atoms with Crippen molar-refractivity contribution in [2.45, 2.75) is 77.8 Å². The summed E-state index contributed by atoms with van der Waals surface area (Å²) in [6.45, 7) is 13.6. The second-order valence-electron chi connectivity index (χ2n) is 7.26. The summed E-state index contributed by atoms with van der Waals surface area (Å²) in [7, 11) is -2.79. The molecule has 28 heavy (non-hydrogen) atoms. The van der Waals surface area contributed by atoms with Crippen molar-refractivity contribution in [2.75, 3.05) is 0 Å². The lowest BCUT2D eigenvalue weighted by Crippen LogP contribution is -2.29. The van der Waals surface area contributed by atoms with Crippen LogP contribution in [0, 0.1) is 46.6 Å². The van der Waals surface area contributed by atoms with Crippen LogP contribution in [0.2, 0.25) is 36.3 Å². The van der Waals surface area contributed by atoms with E-state index in [2.05, 4.69) is 88.2 Å². The first-order chi connectivity index (χ1) is 13.5. The van der Waals surface area contributed by atoms with Gasteiger partial charge in [0, 0.05) is 11.1 Å². The number of hydrogen-bond acceptors (Lipinski definition) is 0. The minimum absolute atomic E-state index is 0.983. The highest BCUT2D eigenvalue weighted by Crippen LogP contribution is 2.19. The molecule has 0 amide bonds. The van der Waals surface area contributed by atoms with Gasteiger partial charge in [0.2, 0.25) is 0 Å². The highest BCUT2D eigenvalue weighted by molar-refractivity contribution is 6.87. The topological polar surface area (TPSA) is 0 Å². The van der Waals surface area contributed by atoms with Gasteiger partial charge in [-0.2, -0.15) is 0 Å². The molecular weight excluding hydrogens is 368 g/mol. The molecule has 0 aliphatic heterocycles. The van der Waals surface area contributed by atoms with Crippen molar-refractivity contribution in [2.24, 2.45) is 0 Å². The lowest BCUT2D eigenvalue weighted by Gasteiger charge is -2.19. The molecule has 0 nitrogen and oxygen atoms in total. The fourth-order valence-corrected chi connectivity index (χ4v) is 7.92. The van der Waals surface area contributed by atoms with Crippen LogP contribution in [-0.4, -0.2) is 16.1 Å². The number of hydrogen-bond donors (Lipinski definition) is 0. The maximum atomic E-state index is 3.51. The molecule has 0 fully saturated rings. The average molecular weight is 403 g/mol. The van der Waals surface area contributed by atoms with Gasteiger partial charge < -0.3 is 0 Å². The third-order valence-electron chi connectivity index (χ3n) is 6.14. The molecule has 0 unspecified atom stereocenters. The Labute approximate surface area is 175 Å². The summed E-state index contributed by atoms with van der Waals surface area (Å²) in [5.41, 5.74) is 8.98. The predicted octanol–water partition coefficient (Wildman–Crippen LogP) is 6.49. The Balaban J connectivity index is 2.84. The third kappa shape index (κ3) is 7.14. The summed E-state index contributed by atoms with van der Waals surface area (Å²) in [5.74, 6) is 18.6. The second kappa shape index (κ2) is 12.4. The Kier molecular flexibility index (Phi) is 10.6. The fourth-order valence-electron chi connectivity index (χ4n) is 3.20. The Hall–Kier alpha value is -2.11.